The van der Waals surface area contributed by atoms with Crippen LogP contribution in [0.1, 0.15) is 6.42 Å². The van der Waals surface area contributed by atoms with E-state index in [1.165, 1.54) is 0 Å². The number of carbonyl (C=O) groups excluding carboxylic acids is 1. The summed E-state index contributed by atoms with van der Waals surface area (Å²) in [6.45, 7) is 1.63. The predicted octanol–water partition coefficient (Wildman–Crippen LogP) is 0.700. The van der Waals surface area contributed by atoms with Gasteiger partial charge in [0.2, 0.25) is 5.91 Å². The molecule has 1 atom stereocenters. The maximum atomic E-state index is 11.9. The van der Waals surface area contributed by atoms with E-state index in [4.69, 9.17) is 4.74 Å². The molecule has 1 aromatic rings. The molecule has 2 N–H and O–H groups in total. The van der Waals surface area contributed by atoms with Crippen LogP contribution in [0.2, 0.25) is 0 Å². The van der Waals surface area contributed by atoms with Gasteiger partial charge in [-0.05, 0) is 18.6 Å². The summed E-state index contributed by atoms with van der Waals surface area (Å²) >= 11 is 0. The van der Waals surface area contributed by atoms with E-state index in [1.54, 1.807) is 19.2 Å². The van der Waals surface area contributed by atoms with E-state index in [0.717, 1.165) is 13.0 Å². The highest BCUT2D eigenvalue weighted by molar-refractivity contribution is 5.93. The molecule has 98 valence electrons. The molecule has 5 heteroatoms. The van der Waals surface area contributed by atoms with Gasteiger partial charge in [0.05, 0.1) is 25.4 Å². The molecule has 0 saturated carbocycles. The van der Waals surface area contributed by atoms with Crippen LogP contribution in [0.3, 0.4) is 0 Å². The topological polar surface area (TPSA) is 61.8 Å². The van der Waals surface area contributed by atoms with Crippen LogP contribution in [-0.2, 0) is 4.79 Å². The number of hydrogen-bond acceptors (Lipinski definition) is 4. The van der Waals surface area contributed by atoms with Crippen molar-refractivity contribution < 1.29 is 14.6 Å². The minimum Gasteiger partial charge on any atom is -0.495 e. The summed E-state index contributed by atoms with van der Waals surface area (Å²) in [5.41, 5.74) is 0.671. The van der Waals surface area contributed by atoms with E-state index in [0.29, 0.717) is 24.5 Å². The Morgan fingerprint density at radius 1 is 1.56 bits per heavy atom. The predicted molar refractivity (Wildman–Crippen MR) is 68.7 cm³/mol. The quantitative estimate of drug-likeness (QED) is 0.826. The van der Waals surface area contributed by atoms with E-state index in [-0.39, 0.29) is 12.0 Å². The number of anilines is 1. The number of benzene rings is 1. The molecule has 1 aromatic carbocycles. The standard InChI is InChI=1S/C13H18N2O3/c1-18-12-5-3-2-4-11(12)14-13(17)9-15-7-6-10(16)8-15/h2-5,10,16H,6-9H2,1H3,(H,14,17)/t10-/m0/s1. The maximum Gasteiger partial charge on any atom is 0.238 e. The van der Waals surface area contributed by atoms with Crippen molar-refractivity contribution in [1.82, 2.24) is 4.90 Å². The van der Waals surface area contributed by atoms with Crippen molar-refractivity contribution in [3.63, 3.8) is 0 Å². The second-order valence-corrected chi connectivity index (χ2v) is 4.43. The van der Waals surface area contributed by atoms with E-state index in [2.05, 4.69) is 5.32 Å². The van der Waals surface area contributed by atoms with Gasteiger partial charge in [-0.1, -0.05) is 12.1 Å². The second-order valence-electron chi connectivity index (χ2n) is 4.43. The van der Waals surface area contributed by atoms with Crippen LogP contribution in [0, 0.1) is 0 Å². The zero-order chi connectivity index (χ0) is 13.0. The van der Waals surface area contributed by atoms with Crippen molar-refractivity contribution in [3.8, 4) is 5.75 Å². The molecule has 18 heavy (non-hydrogen) atoms. The third-order valence-corrected chi connectivity index (χ3v) is 3.00. The summed E-state index contributed by atoms with van der Waals surface area (Å²) in [6.07, 6.45) is 0.436. The van der Waals surface area contributed by atoms with Crippen LogP contribution in [0.25, 0.3) is 0 Å². The fourth-order valence-electron chi connectivity index (χ4n) is 2.10. The molecule has 1 amide bonds. The lowest BCUT2D eigenvalue weighted by atomic mass is 10.3. The molecule has 0 aromatic heterocycles. The summed E-state index contributed by atoms with van der Waals surface area (Å²) in [7, 11) is 1.57. The minimum atomic E-state index is -0.302. The third-order valence-electron chi connectivity index (χ3n) is 3.00. The first-order valence-corrected chi connectivity index (χ1v) is 6.02. The summed E-state index contributed by atoms with van der Waals surface area (Å²) in [6, 6.07) is 7.30. The highest BCUT2D eigenvalue weighted by atomic mass is 16.5. The minimum absolute atomic E-state index is 0.0893. The molecule has 1 fully saturated rings. The van der Waals surface area contributed by atoms with Crippen LogP contribution in [0.5, 0.6) is 5.75 Å². The highest BCUT2D eigenvalue weighted by Gasteiger charge is 2.22. The number of para-hydroxylation sites is 2. The van der Waals surface area contributed by atoms with E-state index >= 15 is 0 Å². The number of amides is 1. The number of ether oxygens (including phenoxy) is 1. The Balaban J connectivity index is 1.91. The van der Waals surface area contributed by atoms with Gasteiger partial charge < -0.3 is 15.2 Å². The van der Waals surface area contributed by atoms with Gasteiger partial charge in [0.1, 0.15) is 5.75 Å². The average Bonchev–Trinajstić information content (AvgIpc) is 2.75. The molecule has 0 spiro atoms. The first-order valence-electron chi connectivity index (χ1n) is 6.02. The summed E-state index contributed by atoms with van der Waals surface area (Å²) < 4.78 is 5.16. The average molecular weight is 250 g/mol. The highest BCUT2D eigenvalue weighted by Crippen LogP contribution is 2.22. The third kappa shape index (κ3) is 3.21. The lowest BCUT2D eigenvalue weighted by molar-refractivity contribution is -0.117. The second kappa shape index (κ2) is 5.84. The Bertz CT molecular complexity index is 422. The number of carbonyl (C=O) groups is 1. The van der Waals surface area contributed by atoms with Crippen LogP contribution >= 0.6 is 0 Å². The van der Waals surface area contributed by atoms with Gasteiger partial charge in [-0.25, -0.2) is 0 Å². The first-order chi connectivity index (χ1) is 8.69. The van der Waals surface area contributed by atoms with Gasteiger partial charge in [-0.15, -0.1) is 0 Å². The van der Waals surface area contributed by atoms with Crippen molar-refractivity contribution in [1.29, 1.82) is 0 Å². The molecule has 0 bridgehead atoms. The van der Waals surface area contributed by atoms with Crippen molar-refractivity contribution in [2.45, 2.75) is 12.5 Å². The van der Waals surface area contributed by atoms with Gasteiger partial charge in [0.15, 0.2) is 0 Å². The van der Waals surface area contributed by atoms with Crippen LogP contribution in [0.15, 0.2) is 24.3 Å². The van der Waals surface area contributed by atoms with Crippen molar-refractivity contribution in [2.75, 3.05) is 32.1 Å². The molecule has 1 aliphatic heterocycles. The normalized spacial score (nSPS) is 19.8. The van der Waals surface area contributed by atoms with Crippen LogP contribution in [-0.4, -0.2) is 48.8 Å². The molecule has 1 heterocycles. The Kier molecular flexibility index (Phi) is 4.17. The van der Waals surface area contributed by atoms with Crippen LogP contribution in [0.4, 0.5) is 5.69 Å². The number of β-amino-alcohol motifs (C(OH)–C–C–N with tert-alkyl or cyclic N) is 1. The molecular formula is C13H18N2O3. The fourth-order valence-corrected chi connectivity index (χ4v) is 2.10. The largest absolute Gasteiger partial charge is 0.495 e. The molecule has 1 aliphatic rings. The van der Waals surface area contributed by atoms with Gasteiger partial charge in [0, 0.05) is 13.1 Å². The number of aliphatic hydroxyl groups excluding tert-OH is 1. The Morgan fingerprint density at radius 3 is 3.00 bits per heavy atom. The SMILES string of the molecule is COc1ccccc1NC(=O)CN1CC[C@H](O)C1. The van der Waals surface area contributed by atoms with Crippen molar-refractivity contribution >= 4 is 11.6 Å². The first kappa shape index (κ1) is 12.9. The van der Waals surface area contributed by atoms with E-state index < -0.39 is 0 Å². The number of hydrogen-bond donors (Lipinski definition) is 2. The number of nitrogens with zero attached hydrogens (tertiary/aromatic N) is 1. The Hall–Kier alpha value is -1.59. The molecule has 5 nitrogen and oxygen atoms in total. The zero-order valence-corrected chi connectivity index (χ0v) is 10.4. The number of nitrogens with one attached hydrogen (secondary N) is 1. The van der Waals surface area contributed by atoms with Crippen LogP contribution < -0.4 is 10.1 Å². The van der Waals surface area contributed by atoms with E-state index in [9.17, 15) is 9.90 Å². The molecular weight excluding hydrogens is 232 g/mol. The molecule has 0 unspecified atom stereocenters. The monoisotopic (exact) mass is 250 g/mol. The summed E-state index contributed by atoms with van der Waals surface area (Å²) in [5.74, 6) is 0.556. The fraction of sp³-hybridized carbons (Fsp3) is 0.462. The smallest absolute Gasteiger partial charge is 0.238 e. The summed E-state index contributed by atoms with van der Waals surface area (Å²) in [5, 5.41) is 12.2. The molecule has 0 radical (unpaired) electrons. The van der Waals surface area contributed by atoms with E-state index in [1.807, 2.05) is 17.0 Å². The number of methoxy groups -OCH3 is 1. The number of rotatable bonds is 4. The lowest BCUT2D eigenvalue weighted by Gasteiger charge is -2.15. The molecule has 0 aliphatic carbocycles. The maximum absolute atomic E-state index is 11.9. The Labute approximate surface area is 106 Å². The van der Waals surface area contributed by atoms with Crippen molar-refractivity contribution in [3.05, 3.63) is 24.3 Å². The number of aliphatic hydroxyl groups is 1. The van der Waals surface area contributed by atoms with Gasteiger partial charge in [0.25, 0.3) is 0 Å². The van der Waals surface area contributed by atoms with Crippen molar-refractivity contribution in [2.24, 2.45) is 0 Å². The Morgan fingerprint density at radius 2 is 2.33 bits per heavy atom. The number of likely N-dealkylation sites (tertiary alicyclic amines) is 1. The van der Waals surface area contributed by atoms with Gasteiger partial charge in [-0.2, -0.15) is 0 Å². The summed E-state index contributed by atoms with van der Waals surface area (Å²) in [4.78, 5) is 13.8. The zero-order valence-electron chi connectivity index (χ0n) is 10.4. The lowest BCUT2D eigenvalue weighted by Crippen LogP contribution is -2.32. The molecule has 2 rings (SSSR count). The molecule has 1 saturated heterocycles. The van der Waals surface area contributed by atoms with Gasteiger partial charge in [-0.3, -0.25) is 9.69 Å². The van der Waals surface area contributed by atoms with Gasteiger partial charge >= 0.3 is 0 Å².